The van der Waals surface area contributed by atoms with E-state index >= 15 is 0 Å². The van der Waals surface area contributed by atoms with Gasteiger partial charge in [0.15, 0.2) is 5.96 Å². The van der Waals surface area contributed by atoms with Gasteiger partial charge in [-0.15, -0.1) is 35.3 Å². The molecule has 28 heavy (non-hydrogen) atoms. The fraction of sp³-hybridized carbons (Fsp3) is 0.421. The molecule has 6 nitrogen and oxygen atoms in total. The Morgan fingerprint density at radius 1 is 1.04 bits per heavy atom. The Bertz CT molecular complexity index is 862. The Morgan fingerprint density at radius 2 is 1.68 bits per heavy atom. The van der Waals surface area contributed by atoms with Gasteiger partial charge in [0.05, 0.1) is 18.0 Å². The highest BCUT2D eigenvalue weighted by atomic mass is 127. The summed E-state index contributed by atoms with van der Waals surface area (Å²) in [4.78, 5) is 7.53. The van der Waals surface area contributed by atoms with E-state index in [1.54, 1.807) is 24.3 Å². The van der Waals surface area contributed by atoms with E-state index in [0.717, 1.165) is 31.0 Å². The lowest BCUT2D eigenvalue weighted by Crippen LogP contribution is -2.36. The van der Waals surface area contributed by atoms with Gasteiger partial charge in [-0.05, 0) is 43.2 Å². The van der Waals surface area contributed by atoms with E-state index in [1.165, 1.54) is 28.2 Å². The Balaban J connectivity index is 0.00000392. The highest BCUT2D eigenvalue weighted by molar-refractivity contribution is 14.0. The van der Waals surface area contributed by atoms with Crippen molar-refractivity contribution in [3.63, 3.8) is 0 Å². The van der Waals surface area contributed by atoms with Crippen LogP contribution < -0.4 is 10.6 Å². The summed E-state index contributed by atoms with van der Waals surface area (Å²) in [7, 11) is -0.346. The number of aliphatic imine (C=N–C) groups is 1. The second kappa shape index (κ2) is 11.7. The molecule has 0 aliphatic heterocycles. The summed E-state index contributed by atoms with van der Waals surface area (Å²) in [5.41, 5.74) is 0.953. The van der Waals surface area contributed by atoms with Crippen molar-refractivity contribution in [2.45, 2.75) is 38.3 Å². The van der Waals surface area contributed by atoms with Crippen molar-refractivity contribution in [2.24, 2.45) is 4.99 Å². The molecule has 0 radical (unpaired) electrons. The van der Waals surface area contributed by atoms with Crippen molar-refractivity contribution in [2.75, 3.05) is 20.6 Å². The van der Waals surface area contributed by atoms with Crippen LogP contribution in [0.2, 0.25) is 0 Å². The summed E-state index contributed by atoms with van der Waals surface area (Å²) >= 11 is 1.81. The number of nitrogens with zero attached hydrogens (tertiary/aromatic N) is 2. The lowest BCUT2D eigenvalue weighted by atomic mass is 10.2. The first-order chi connectivity index (χ1) is 12.9. The minimum atomic E-state index is -3.40. The summed E-state index contributed by atoms with van der Waals surface area (Å²) in [5.74, 6) is 0.744. The number of hydrogen-bond donors (Lipinski definition) is 2. The van der Waals surface area contributed by atoms with E-state index in [0.29, 0.717) is 6.54 Å². The molecule has 0 aliphatic rings. The molecule has 0 spiro atoms. The molecule has 1 aromatic carbocycles. The SMILES string of the molecule is CCNC(=NCc1ccc(S(=O)(=O)N(C)C)cc1)NCc1ccc(CC)s1.I. The maximum atomic E-state index is 12.1. The third kappa shape index (κ3) is 7.02. The number of sulfonamides is 1. The van der Waals surface area contributed by atoms with Crippen molar-refractivity contribution in [1.82, 2.24) is 14.9 Å². The average Bonchev–Trinajstić information content (AvgIpc) is 3.12. The van der Waals surface area contributed by atoms with Gasteiger partial charge < -0.3 is 10.6 Å². The quantitative estimate of drug-likeness (QED) is 0.308. The van der Waals surface area contributed by atoms with Gasteiger partial charge >= 0.3 is 0 Å². The lowest BCUT2D eigenvalue weighted by molar-refractivity contribution is 0.520. The number of guanidine groups is 1. The molecule has 2 N–H and O–H groups in total. The summed E-state index contributed by atoms with van der Waals surface area (Å²) in [5, 5.41) is 6.58. The van der Waals surface area contributed by atoms with Gasteiger partial charge in [0.25, 0.3) is 0 Å². The number of benzene rings is 1. The maximum absolute atomic E-state index is 12.1. The highest BCUT2D eigenvalue weighted by Crippen LogP contribution is 2.17. The van der Waals surface area contributed by atoms with E-state index in [-0.39, 0.29) is 28.9 Å². The molecule has 0 aliphatic carbocycles. The van der Waals surface area contributed by atoms with E-state index in [9.17, 15) is 8.42 Å². The molecule has 0 unspecified atom stereocenters. The smallest absolute Gasteiger partial charge is 0.242 e. The van der Waals surface area contributed by atoms with Crippen LogP contribution in [-0.4, -0.2) is 39.3 Å². The molecule has 0 bridgehead atoms. The molecule has 1 aromatic heterocycles. The minimum Gasteiger partial charge on any atom is -0.357 e. The van der Waals surface area contributed by atoms with Crippen molar-refractivity contribution >= 4 is 51.3 Å². The van der Waals surface area contributed by atoms with Crippen molar-refractivity contribution in [1.29, 1.82) is 0 Å². The molecular formula is C19H29IN4O2S2. The summed E-state index contributed by atoms with van der Waals surface area (Å²) in [6.45, 7) is 6.16. The molecule has 9 heteroatoms. The van der Waals surface area contributed by atoms with E-state index in [4.69, 9.17) is 0 Å². The van der Waals surface area contributed by atoms with E-state index in [1.807, 2.05) is 18.3 Å². The lowest BCUT2D eigenvalue weighted by Gasteiger charge is -2.12. The highest BCUT2D eigenvalue weighted by Gasteiger charge is 2.16. The van der Waals surface area contributed by atoms with Gasteiger partial charge in [0, 0.05) is 30.4 Å². The third-order valence-corrected chi connectivity index (χ3v) is 7.02. The van der Waals surface area contributed by atoms with Gasteiger partial charge in [0.2, 0.25) is 10.0 Å². The van der Waals surface area contributed by atoms with Gasteiger partial charge in [-0.25, -0.2) is 17.7 Å². The second-order valence-corrected chi connectivity index (χ2v) is 9.61. The van der Waals surface area contributed by atoms with Crippen LogP contribution in [0.1, 0.15) is 29.2 Å². The monoisotopic (exact) mass is 536 g/mol. The number of nitrogens with one attached hydrogen (secondary N) is 2. The molecule has 156 valence electrons. The van der Waals surface area contributed by atoms with E-state index < -0.39 is 10.0 Å². The Hall–Kier alpha value is -1.17. The molecule has 2 rings (SSSR count). The molecule has 0 amide bonds. The fourth-order valence-electron chi connectivity index (χ4n) is 2.37. The Labute approximate surface area is 189 Å². The molecule has 0 atom stereocenters. The zero-order chi connectivity index (χ0) is 19.9. The van der Waals surface area contributed by atoms with Crippen LogP contribution in [-0.2, 0) is 29.5 Å². The molecular weight excluding hydrogens is 507 g/mol. The first-order valence-corrected chi connectivity index (χ1v) is 11.2. The van der Waals surface area contributed by atoms with E-state index in [2.05, 4.69) is 34.7 Å². The largest absolute Gasteiger partial charge is 0.357 e. The topological polar surface area (TPSA) is 73.8 Å². The number of thiophene rings is 1. The Kier molecular flexibility index (Phi) is 10.4. The predicted octanol–water partition coefficient (Wildman–Crippen LogP) is 3.43. The maximum Gasteiger partial charge on any atom is 0.242 e. The Morgan fingerprint density at radius 3 is 2.21 bits per heavy atom. The molecule has 2 aromatic rings. The van der Waals surface area contributed by atoms with Crippen LogP contribution >= 0.6 is 35.3 Å². The predicted molar refractivity (Wildman–Crippen MR) is 128 cm³/mol. The van der Waals surface area contributed by atoms with Crippen molar-refractivity contribution in [3.8, 4) is 0 Å². The fourth-order valence-corrected chi connectivity index (χ4v) is 4.17. The average molecular weight is 537 g/mol. The molecule has 0 saturated carbocycles. The summed E-state index contributed by atoms with van der Waals surface area (Å²) in [6.07, 6.45) is 1.05. The number of hydrogen-bond acceptors (Lipinski definition) is 4. The van der Waals surface area contributed by atoms with Crippen LogP contribution in [0.5, 0.6) is 0 Å². The normalized spacial score (nSPS) is 12.0. The first-order valence-electron chi connectivity index (χ1n) is 8.98. The zero-order valence-electron chi connectivity index (χ0n) is 16.7. The first kappa shape index (κ1) is 24.9. The second-order valence-electron chi connectivity index (χ2n) is 6.20. The van der Waals surface area contributed by atoms with Crippen molar-refractivity contribution in [3.05, 3.63) is 51.7 Å². The van der Waals surface area contributed by atoms with Gasteiger partial charge in [-0.1, -0.05) is 19.1 Å². The standard InChI is InChI=1S/C19H28N4O2S2.HI/c1-5-16-9-10-17(26-16)14-22-19(20-6-2)21-13-15-7-11-18(12-8-15)27(24,25)23(3)4;/h7-12H,5-6,13-14H2,1-4H3,(H2,20,21,22);1H. The van der Waals surface area contributed by atoms with Crippen LogP contribution in [0.3, 0.4) is 0 Å². The van der Waals surface area contributed by atoms with Gasteiger partial charge in [-0.3, -0.25) is 0 Å². The summed E-state index contributed by atoms with van der Waals surface area (Å²) < 4.78 is 25.4. The van der Waals surface area contributed by atoms with Crippen LogP contribution in [0.25, 0.3) is 0 Å². The minimum absolute atomic E-state index is 0. The number of halogens is 1. The van der Waals surface area contributed by atoms with Crippen LogP contribution in [0.15, 0.2) is 46.3 Å². The van der Waals surface area contributed by atoms with Gasteiger partial charge in [0.1, 0.15) is 0 Å². The zero-order valence-corrected chi connectivity index (χ0v) is 20.7. The summed E-state index contributed by atoms with van der Waals surface area (Å²) in [6, 6.07) is 11.2. The third-order valence-electron chi connectivity index (χ3n) is 3.96. The molecule has 0 saturated heterocycles. The van der Waals surface area contributed by atoms with Crippen LogP contribution in [0, 0.1) is 0 Å². The van der Waals surface area contributed by atoms with Crippen molar-refractivity contribution < 1.29 is 8.42 Å². The molecule has 0 fully saturated rings. The number of rotatable bonds is 8. The number of aryl methyl sites for hydroxylation is 1. The molecule has 1 heterocycles. The van der Waals surface area contributed by atoms with Crippen LogP contribution in [0.4, 0.5) is 0 Å². The van der Waals surface area contributed by atoms with Gasteiger partial charge in [-0.2, -0.15) is 0 Å².